The molecule has 1 heterocycles. The topological polar surface area (TPSA) is 63.2 Å². The second-order valence-corrected chi connectivity index (χ2v) is 8.33. The molecule has 1 saturated heterocycles. The first kappa shape index (κ1) is 14.6. The summed E-state index contributed by atoms with van der Waals surface area (Å²) in [6.07, 6.45) is 4.30. The second-order valence-electron chi connectivity index (χ2n) is 6.11. The highest BCUT2D eigenvalue weighted by Gasteiger charge is 2.30. The number of aryl methyl sites for hydroxylation is 1. The van der Waals surface area contributed by atoms with Crippen molar-refractivity contribution >= 4 is 15.7 Å². The van der Waals surface area contributed by atoms with Gasteiger partial charge in [-0.2, -0.15) is 0 Å². The molecule has 5 heteroatoms. The van der Waals surface area contributed by atoms with Crippen LogP contribution in [-0.2, 0) is 21.1 Å². The van der Waals surface area contributed by atoms with Gasteiger partial charge in [-0.1, -0.05) is 24.3 Å². The van der Waals surface area contributed by atoms with E-state index in [2.05, 4.69) is 11.4 Å². The van der Waals surface area contributed by atoms with Gasteiger partial charge < -0.3 is 5.32 Å². The Morgan fingerprint density at radius 3 is 2.76 bits per heavy atom. The van der Waals surface area contributed by atoms with Gasteiger partial charge in [-0.3, -0.25) is 4.79 Å². The number of amides is 1. The third-order valence-corrected chi connectivity index (χ3v) is 6.32. The summed E-state index contributed by atoms with van der Waals surface area (Å²) in [5.41, 5.74) is 2.36. The monoisotopic (exact) mass is 307 g/mol. The van der Waals surface area contributed by atoms with E-state index in [-0.39, 0.29) is 29.4 Å². The van der Waals surface area contributed by atoms with E-state index in [4.69, 9.17) is 0 Å². The van der Waals surface area contributed by atoms with E-state index >= 15 is 0 Å². The van der Waals surface area contributed by atoms with Gasteiger partial charge in [0.25, 0.3) is 0 Å². The van der Waals surface area contributed by atoms with Crippen LogP contribution in [0, 0.1) is 0 Å². The minimum Gasteiger partial charge on any atom is -0.352 e. The Kier molecular flexibility index (Phi) is 4.02. The average molecular weight is 307 g/mol. The molecule has 0 radical (unpaired) electrons. The number of hydrogen-bond donors (Lipinski definition) is 1. The maximum Gasteiger partial charge on any atom is 0.227 e. The SMILES string of the molecule is O=C(NC1CCCS(=O)(=O)C1)C1CCCc2ccccc21. The molecule has 21 heavy (non-hydrogen) atoms. The lowest BCUT2D eigenvalue weighted by Crippen LogP contribution is -2.45. The molecule has 114 valence electrons. The molecule has 1 N–H and O–H groups in total. The number of carbonyl (C=O) groups excluding carboxylic acids is 1. The Balaban J connectivity index is 1.72. The Bertz CT molecular complexity index is 639. The van der Waals surface area contributed by atoms with Gasteiger partial charge in [-0.15, -0.1) is 0 Å². The van der Waals surface area contributed by atoms with E-state index in [0.29, 0.717) is 6.42 Å². The summed E-state index contributed by atoms with van der Waals surface area (Å²) in [7, 11) is -2.98. The van der Waals surface area contributed by atoms with Gasteiger partial charge in [0.15, 0.2) is 9.84 Å². The van der Waals surface area contributed by atoms with Gasteiger partial charge in [-0.05, 0) is 43.2 Å². The molecule has 1 amide bonds. The lowest BCUT2D eigenvalue weighted by Gasteiger charge is -2.28. The molecule has 3 rings (SSSR count). The molecule has 1 aromatic rings. The van der Waals surface area contributed by atoms with Crippen LogP contribution in [-0.4, -0.2) is 31.9 Å². The molecule has 1 aromatic carbocycles. The first-order valence-electron chi connectivity index (χ1n) is 7.64. The van der Waals surface area contributed by atoms with Crippen LogP contribution < -0.4 is 5.32 Å². The Labute approximate surface area is 125 Å². The number of nitrogens with one attached hydrogen (secondary N) is 1. The predicted molar refractivity (Wildman–Crippen MR) is 81.9 cm³/mol. The number of fused-ring (bicyclic) bond motifs is 1. The van der Waals surface area contributed by atoms with Crippen molar-refractivity contribution in [2.75, 3.05) is 11.5 Å². The molecule has 2 atom stereocenters. The predicted octanol–water partition coefficient (Wildman–Crippen LogP) is 1.80. The van der Waals surface area contributed by atoms with E-state index in [1.807, 2.05) is 18.2 Å². The fourth-order valence-corrected chi connectivity index (χ4v) is 5.10. The number of carbonyl (C=O) groups is 1. The number of benzene rings is 1. The Hall–Kier alpha value is -1.36. The Morgan fingerprint density at radius 2 is 1.95 bits per heavy atom. The van der Waals surface area contributed by atoms with Gasteiger partial charge in [-0.25, -0.2) is 8.42 Å². The zero-order chi connectivity index (χ0) is 14.9. The largest absolute Gasteiger partial charge is 0.352 e. The molecular weight excluding hydrogens is 286 g/mol. The van der Waals surface area contributed by atoms with E-state index in [1.165, 1.54) is 5.56 Å². The van der Waals surface area contributed by atoms with E-state index in [9.17, 15) is 13.2 Å². The zero-order valence-corrected chi connectivity index (χ0v) is 12.9. The van der Waals surface area contributed by atoms with Gasteiger partial charge in [0.2, 0.25) is 5.91 Å². The van der Waals surface area contributed by atoms with Crippen LogP contribution in [0.25, 0.3) is 0 Å². The normalized spacial score (nSPS) is 27.6. The van der Waals surface area contributed by atoms with Crippen LogP contribution in [0.5, 0.6) is 0 Å². The average Bonchev–Trinajstić information content (AvgIpc) is 2.45. The first-order valence-corrected chi connectivity index (χ1v) is 9.46. The van der Waals surface area contributed by atoms with Crippen LogP contribution in [0.15, 0.2) is 24.3 Å². The molecule has 0 spiro atoms. The van der Waals surface area contributed by atoms with Crippen LogP contribution in [0.4, 0.5) is 0 Å². The van der Waals surface area contributed by atoms with Crippen molar-refractivity contribution in [1.29, 1.82) is 0 Å². The van der Waals surface area contributed by atoms with Crippen LogP contribution in [0.2, 0.25) is 0 Å². The lowest BCUT2D eigenvalue weighted by molar-refractivity contribution is -0.123. The third kappa shape index (κ3) is 3.28. The summed E-state index contributed by atoms with van der Waals surface area (Å²) in [5, 5.41) is 2.97. The highest BCUT2D eigenvalue weighted by Crippen LogP contribution is 2.31. The zero-order valence-electron chi connectivity index (χ0n) is 12.0. The first-order chi connectivity index (χ1) is 10.1. The van der Waals surface area contributed by atoms with Crippen LogP contribution in [0.1, 0.15) is 42.7 Å². The van der Waals surface area contributed by atoms with Crippen LogP contribution >= 0.6 is 0 Å². The lowest BCUT2D eigenvalue weighted by atomic mass is 9.82. The van der Waals surface area contributed by atoms with Gasteiger partial charge in [0.1, 0.15) is 0 Å². The Morgan fingerprint density at radius 1 is 1.14 bits per heavy atom. The molecule has 1 fully saturated rings. The number of sulfone groups is 1. The fraction of sp³-hybridized carbons (Fsp3) is 0.562. The fourth-order valence-electron chi connectivity index (χ4n) is 3.46. The molecule has 2 unspecified atom stereocenters. The minimum atomic E-state index is -2.98. The van der Waals surface area contributed by atoms with Crippen molar-refractivity contribution in [1.82, 2.24) is 5.32 Å². The molecule has 1 aliphatic heterocycles. The number of rotatable bonds is 2. The maximum atomic E-state index is 12.5. The highest BCUT2D eigenvalue weighted by molar-refractivity contribution is 7.91. The summed E-state index contributed by atoms with van der Waals surface area (Å²) in [4.78, 5) is 12.5. The minimum absolute atomic E-state index is 0.00995. The molecule has 1 aliphatic carbocycles. The molecule has 0 bridgehead atoms. The molecule has 4 nitrogen and oxygen atoms in total. The van der Waals surface area contributed by atoms with Crippen molar-refractivity contribution < 1.29 is 13.2 Å². The second kappa shape index (κ2) is 5.79. The summed E-state index contributed by atoms with van der Waals surface area (Å²) in [6.45, 7) is 0. The summed E-state index contributed by atoms with van der Waals surface area (Å²) >= 11 is 0. The van der Waals surface area contributed by atoms with Gasteiger partial charge in [0, 0.05) is 6.04 Å². The summed E-state index contributed by atoms with van der Waals surface area (Å²) in [5.74, 6) is 0.211. The van der Waals surface area contributed by atoms with E-state index < -0.39 is 9.84 Å². The maximum absolute atomic E-state index is 12.5. The van der Waals surface area contributed by atoms with Crippen molar-refractivity contribution in [2.24, 2.45) is 0 Å². The van der Waals surface area contributed by atoms with E-state index in [1.54, 1.807) is 0 Å². The molecular formula is C16H21NO3S. The van der Waals surface area contributed by atoms with Crippen molar-refractivity contribution in [2.45, 2.75) is 44.1 Å². The van der Waals surface area contributed by atoms with E-state index in [0.717, 1.165) is 31.2 Å². The van der Waals surface area contributed by atoms with Gasteiger partial charge in [0.05, 0.1) is 17.4 Å². The third-order valence-electron chi connectivity index (χ3n) is 4.50. The van der Waals surface area contributed by atoms with Crippen molar-refractivity contribution in [3.63, 3.8) is 0 Å². The van der Waals surface area contributed by atoms with Crippen molar-refractivity contribution in [3.05, 3.63) is 35.4 Å². The highest BCUT2D eigenvalue weighted by atomic mass is 32.2. The molecule has 2 aliphatic rings. The van der Waals surface area contributed by atoms with Crippen LogP contribution in [0.3, 0.4) is 0 Å². The smallest absolute Gasteiger partial charge is 0.227 e. The summed E-state index contributed by atoms with van der Waals surface area (Å²) < 4.78 is 23.3. The standard InChI is InChI=1S/C16H21NO3S/c18-16(17-13-7-4-10-21(19,20)11-13)15-9-3-6-12-5-1-2-8-14(12)15/h1-2,5,8,13,15H,3-4,6-7,9-11H2,(H,17,18). The molecule has 0 aromatic heterocycles. The summed E-state index contributed by atoms with van der Waals surface area (Å²) in [6, 6.07) is 7.86. The van der Waals surface area contributed by atoms with Crippen molar-refractivity contribution in [3.8, 4) is 0 Å². The quantitative estimate of drug-likeness (QED) is 0.906. The van der Waals surface area contributed by atoms with Gasteiger partial charge >= 0.3 is 0 Å². The molecule has 0 saturated carbocycles. The number of hydrogen-bond acceptors (Lipinski definition) is 3.